The number of carbonyl (C=O) groups excluding carboxylic acids is 1. The second-order valence-corrected chi connectivity index (χ2v) is 6.06. The number of rotatable bonds is 3. The minimum absolute atomic E-state index is 0.196. The maximum atomic E-state index is 12.5. The molecule has 0 bridgehead atoms. The molecule has 0 radical (unpaired) electrons. The molecule has 1 fully saturated rings. The SMILES string of the molecule is CC(C)c1ccc(C(=O)N2CC[C@@H](c3ccn[nH]3)C2)c(=O)[nH]1. The molecule has 0 aliphatic carbocycles. The molecule has 1 atom stereocenters. The molecule has 0 aromatic carbocycles. The number of carbonyl (C=O) groups is 1. The molecule has 1 amide bonds. The zero-order chi connectivity index (χ0) is 15.7. The lowest BCUT2D eigenvalue weighted by Crippen LogP contribution is -2.33. The van der Waals surface area contributed by atoms with Crippen LogP contribution in [-0.2, 0) is 0 Å². The quantitative estimate of drug-likeness (QED) is 0.907. The van der Waals surface area contributed by atoms with Crippen molar-refractivity contribution in [2.75, 3.05) is 13.1 Å². The fraction of sp³-hybridized carbons (Fsp3) is 0.438. The van der Waals surface area contributed by atoms with E-state index in [-0.39, 0.29) is 28.9 Å². The molecule has 2 aromatic rings. The van der Waals surface area contributed by atoms with Crippen molar-refractivity contribution in [1.82, 2.24) is 20.1 Å². The van der Waals surface area contributed by atoms with E-state index < -0.39 is 0 Å². The number of H-pyrrole nitrogens is 2. The summed E-state index contributed by atoms with van der Waals surface area (Å²) in [4.78, 5) is 29.2. The van der Waals surface area contributed by atoms with Crippen LogP contribution in [-0.4, -0.2) is 39.1 Å². The standard InChI is InChI=1S/C16H20N4O2/c1-10(2)13-4-3-12(15(21)18-13)16(22)20-8-6-11(9-20)14-5-7-17-19-14/h3-5,7,10-11H,6,8-9H2,1-2H3,(H,17,19)(H,18,21)/t11-/m1/s1. The third-order valence-corrected chi connectivity index (χ3v) is 4.22. The Labute approximate surface area is 128 Å². The van der Waals surface area contributed by atoms with Crippen molar-refractivity contribution < 1.29 is 4.79 Å². The Balaban J connectivity index is 1.76. The van der Waals surface area contributed by atoms with Crippen LogP contribution in [0.15, 0.2) is 29.2 Å². The highest BCUT2D eigenvalue weighted by Gasteiger charge is 2.29. The summed E-state index contributed by atoms with van der Waals surface area (Å²) in [5, 5.41) is 6.91. The van der Waals surface area contributed by atoms with Gasteiger partial charge in [-0.05, 0) is 30.5 Å². The van der Waals surface area contributed by atoms with Gasteiger partial charge in [-0.15, -0.1) is 0 Å². The average Bonchev–Trinajstić information content (AvgIpc) is 3.17. The maximum absolute atomic E-state index is 12.5. The van der Waals surface area contributed by atoms with Crippen LogP contribution in [0.1, 0.15) is 53.8 Å². The summed E-state index contributed by atoms with van der Waals surface area (Å²) in [5.74, 6) is 0.299. The first-order chi connectivity index (χ1) is 10.6. The molecule has 6 nitrogen and oxygen atoms in total. The molecule has 1 aliphatic rings. The van der Waals surface area contributed by atoms with E-state index in [1.807, 2.05) is 26.0 Å². The van der Waals surface area contributed by atoms with Gasteiger partial charge in [0.2, 0.25) is 0 Å². The third-order valence-electron chi connectivity index (χ3n) is 4.22. The van der Waals surface area contributed by atoms with E-state index in [0.717, 1.165) is 17.8 Å². The summed E-state index contributed by atoms with van der Waals surface area (Å²) in [6, 6.07) is 5.39. The Kier molecular flexibility index (Phi) is 3.83. The number of hydrogen-bond acceptors (Lipinski definition) is 3. The van der Waals surface area contributed by atoms with Crippen molar-refractivity contribution in [1.29, 1.82) is 0 Å². The molecular weight excluding hydrogens is 280 g/mol. The summed E-state index contributed by atoms with van der Waals surface area (Å²) in [6.07, 6.45) is 2.60. The van der Waals surface area contributed by atoms with Gasteiger partial charge >= 0.3 is 0 Å². The molecule has 1 aliphatic heterocycles. The fourth-order valence-electron chi connectivity index (χ4n) is 2.86. The largest absolute Gasteiger partial charge is 0.338 e. The Morgan fingerprint density at radius 1 is 1.36 bits per heavy atom. The fourth-order valence-corrected chi connectivity index (χ4v) is 2.86. The molecular formula is C16H20N4O2. The lowest BCUT2D eigenvalue weighted by atomic mass is 10.1. The Bertz CT molecular complexity index is 718. The van der Waals surface area contributed by atoms with Crippen LogP contribution in [0.3, 0.4) is 0 Å². The van der Waals surface area contributed by atoms with Gasteiger partial charge in [0.15, 0.2) is 0 Å². The van der Waals surface area contributed by atoms with Crippen LogP contribution in [0.5, 0.6) is 0 Å². The molecule has 0 unspecified atom stereocenters. The van der Waals surface area contributed by atoms with Crippen LogP contribution in [0.2, 0.25) is 0 Å². The highest BCUT2D eigenvalue weighted by atomic mass is 16.2. The summed E-state index contributed by atoms with van der Waals surface area (Å²) >= 11 is 0. The number of likely N-dealkylation sites (tertiary alicyclic amines) is 1. The first-order valence-corrected chi connectivity index (χ1v) is 7.58. The topological polar surface area (TPSA) is 81.8 Å². The van der Waals surface area contributed by atoms with Crippen molar-refractivity contribution in [2.24, 2.45) is 0 Å². The van der Waals surface area contributed by atoms with E-state index >= 15 is 0 Å². The lowest BCUT2D eigenvalue weighted by Gasteiger charge is -2.16. The maximum Gasteiger partial charge on any atom is 0.261 e. The van der Waals surface area contributed by atoms with E-state index in [4.69, 9.17) is 0 Å². The Morgan fingerprint density at radius 2 is 2.18 bits per heavy atom. The number of nitrogens with one attached hydrogen (secondary N) is 2. The van der Waals surface area contributed by atoms with Gasteiger partial charge in [-0.2, -0.15) is 5.10 Å². The van der Waals surface area contributed by atoms with Crippen molar-refractivity contribution in [3.63, 3.8) is 0 Å². The predicted octanol–water partition coefficient (Wildman–Crippen LogP) is 1.85. The molecule has 0 saturated carbocycles. The number of aromatic amines is 2. The summed E-state index contributed by atoms with van der Waals surface area (Å²) in [5.41, 5.74) is 1.80. The van der Waals surface area contributed by atoms with Crippen LogP contribution < -0.4 is 5.56 Å². The van der Waals surface area contributed by atoms with E-state index in [0.29, 0.717) is 13.1 Å². The van der Waals surface area contributed by atoms with Crippen molar-refractivity contribution in [2.45, 2.75) is 32.1 Å². The van der Waals surface area contributed by atoms with Crippen molar-refractivity contribution in [3.05, 3.63) is 51.7 Å². The van der Waals surface area contributed by atoms with Crippen molar-refractivity contribution >= 4 is 5.91 Å². The minimum Gasteiger partial charge on any atom is -0.338 e. The van der Waals surface area contributed by atoms with E-state index in [1.54, 1.807) is 17.2 Å². The number of nitrogens with zero attached hydrogens (tertiary/aromatic N) is 2. The van der Waals surface area contributed by atoms with Gasteiger partial charge in [-0.3, -0.25) is 14.7 Å². The van der Waals surface area contributed by atoms with E-state index in [2.05, 4.69) is 15.2 Å². The van der Waals surface area contributed by atoms with Gasteiger partial charge in [0.25, 0.3) is 11.5 Å². The third kappa shape index (κ3) is 2.68. The zero-order valence-corrected chi connectivity index (χ0v) is 12.8. The van der Waals surface area contributed by atoms with Gasteiger partial charge < -0.3 is 9.88 Å². The highest BCUT2D eigenvalue weighted by molar-refractivity contribution is 5.94. The number of amides is 1. The van der Waals surface area contributed by atoms with Crippen LogP contribution >= 0.6 is 0 Å². The zero-order valence-electron chi connectivity index (χ0n) is 12.8. The number of aromatic nitrogens is 3. The summed E-state index contributed by atoms with van der Waals surface area (Å²) in [7, 11) is 0. The number of hydrogen-bond donors (Lipinski definition) is 2. The molecule has 1 saturated heterocycles. The minimum atomic E-state index is -0.304. The normalized spacial score (nSPS) is 18.1. The summed E-state index contributed by atoms with van der Waals surface area (Å²) in [6.45, 7) is 5.28. The average molecular weight is 300 g/mol. The number of pyridine rings is 1. The van der Waals surface area contributed by atoms with Gasteiger partial charge in [0.05, 0.1) is 0 Å². The molecule has 22 heavy (non-hydrogen) atoms. The van der Waals surface area contributed by atoms with Crippen molar-refractivity contribution in [3.8, 4) is 0 Å². The molecule has 2 aromatic heterocycles. The molecule has 3 heterocycles. The highest BCUT2D eigenvalue weighted by Crippen LogP contribution is 2.26. The monoisotopic (exact) mass is 300 g/mol. The van der Waals surface area contributed by atoms with Gasteiger partial charge in [-0.25, -0.2) is 0 Å². The molecule has 6 heteroatoms. The summed E-state index contributed by atoms with van der Waals surface area (Å²) < 4.78 is 0. The van der Waals surface area contributed by atoms with Gasteiger partial charge in [0, 0.05) is 36.6 Å². The molecule has 3 rings (SSSR count). The lowest BCUT2D eigenvalue weighted by molar-refractivity contribution is 0.0789. The smallest absolute Gasteiger partial charge is 0.261 e. The van der Waals surface area contributed by atoms with Crippen LogP contribution in [0.4, 0.5) is 0 Å². The molecule has 2 N–H and O–H groups in total. The Hall–Kier alpha value is -2.37. The second kappa shape index (κ2) is 5.79. The van der Waals surface area contributed by atoms with Crippen LogP contribution in [0.25, 0.3) is 0 Å². The molecule has 0 spiro atoms. The van der Waals surface area contributed by atoms with Gasteiger partial charge in [0.1, 0.15) is 5.56 Å². The van der Waals surface area contributed by atoms with Gasteiger partial charge in [-0.1, -0.05) is 13.8 Å². The van der Waals surface area contributed by atoms with E-state index in [1.165, 1.54) is 0 Å². The second-order valence-electron chi connectivity index (χ2n) is 6.06. The first-order valence-electron chi connectivity index (χ1n) is 7.58. The Morgan fingerprint density at radius 3 is 2.82 bits per heavy atom. The first kappa shape index (κ1) is 14.6. The van der Waals surface area contributed by atoms with E-state index in [9.17, 15) is 9.59 Å². The predicted molar refractivity (Wildman–Crippen MR) is 83.0 cm³/mol. The van der Waals surface area contributed by atoms with Crippen LogP contribution in [0, 0.1) is 0 Å². The molecule has 116 valence electrons.